The Bertz CT molecular complexity index is 126. The lowest BCUT2D eigenvalue weighted by molar-refractivity contribution is 0.206. The van der Waals surface area contributed by atoms with Crippen LogP contribution < -0.4 is 5.32 Å². The third-order valence-electron chi connectivity index (χ3n) is 3.20. The molecule has 0 saturated heterocycles. The fraction of sp³-hybridized carbons (Fsp3) is 1.00. The number of aliphatic hydroxyl groups is 1. The van der Waals surface area contributed by atoms with Crippen molar-refractivity contribution in [2.24, 2.45) is 5.92 Å². The highest BCUT2D eigenvalue weighted by Gasteiger charge is 2.19. The average molecular weight is 185 g/mol. The summed E-state index contributed by atoms with van der Waals surface area (Å²) in [6.07, 6.45) is 6.30. The molecule has 1 rings (SSSR count). The van der Waals surface area contributed by atoms with Crippen LogP contribution >= 0.6 is 0 Å². The van der Waals surface area contributed by atoms with Gasteiger partial charge in [0.25, 0.3) is 0 Å². The van der Waals surface area contributed by atoms with Crippen molar-refractivity contribution >= 4 is 0 Å². The first kappa shape index (κ1) is 11.0. The summed E-state index contributed by atoms with van der Waals surface area (Å²) in [5.74, 6) is 0.909. The van der Waals surface area contributed by atoms with Crippen LogP contribution in [-0.4, -0.2) is 23.8 Å². The summed E-state index contributed by atoms with van der Waals surface area (Å²) < 4.78 is 0. The average Bonchev–Trinajstić information content (AvgIpc) is 2.17. The van der Waals surface area contributed by atoms with E-state index in [4.69, 9.17) is 5.11 Å². The van der Waals surface area contributed by atoms with Gasteiger partial charge in [-0.15, -0.1) is 0 Å². The first-order chi connectivity index (χ1) is 6.26. The molecule has 0 aromatic rings. The van der Waals surface area contributed by atoms with Gasteiger partial charge in [-0.25, -0.2) is 0 Å². The van der Waals surface area contributed by atoms with Crippen molar-refractivity contribution in [3.05, 3.63) is 0 Å². The van der Waals surface area contributed by atoms with Crippen molar-refractivity contribution in [3.8, 4) is 0 Å². The second-order valence-corrected chi connectivity index (χ2v) is 4.41. The minimum atomic E-state index is 0.280. The van der Waals surface area contributed by atoms with Crippen molar-refractivity contribution in [2.45, 2.75) is 58.0 Å². The van der Waals surface area contributed by atoms with Crippen LogP contribution in [0.4, 0.5) is 0 Å². The standard InChI is InChI=1S/C11H23NO/c1-3-10(8-13)12-11-6-4-9(2)5-7-11/h9-13H,3-8H2,1-2H3/t9?,10-,11?/m0/s1. The largest absolute Gasteiger partial charge is 0.395 e. The number of hydrogen-bond acceptors (Lipinski definition) is 2. The van der Waals surface area contributed by atoms with Crippen molar-refractivity contribution in [2.75, 3.05) is 6.61 Å². The van der Waals surface area contributed by atoms with E-state index in [0.29, 0.717) is 12.1 Å². The SMILES string of the molecule is CC[C@@H](CO)NC1CCC(C)CC1. The van der Waals surface area contributed by atoms with E-state index < -0.39 is 0 Å². The van der Waals surface area contributed by atoms with Gasteiger partial charge in [-0.1, -0.05) is 13.8 Å². The highest BCUT2D eigenvalue weighted by Crippen LogP contribution is 2.23. The van der Waals surface area contributed by atoms with Crippen LogP contribution in [0, 0.1) is 5.92 Å². The van der Waals surface area contributed by atoms with Crippen LogP contribution in [0.15, 0.2) is 0 Å². The predicted octanol–water partition coefficient (Wildman–Crippen LogP) is 1.93. The van der Waals surface area contributed by atoms with Crippen LogP contribution in [0.1, 0.15) is 46.0 Å². The highest BCUT2D eigenvalue weighted by atomic mass is 16.3. The lowest BCUT2D eigenvalue weighted by atomic mass is 9.87. The molecule has 0 amide bonds. The molecule has 0 spiro atoms. The topological polar surface area (TPSA) is 32.3 Å². The molecule has 2 N–H and O–H groups in total. The van der Waals surface area contributed by atoms with Crippen LogP contribution in [0.2, 0.25) is 0 Å². The van der Waals surface area contributed by atoms with Gasteiger partial charge in [0, 0.05) is 12.1 Å². The Balaban J connectivity index is 2.21. The number of rotatable bonds is 4. The van der Waals surface area contributed by atoms with Gasteiger partial charge in [-0.05, 0) is 38.0 Å². The molecular formula is C11H23NO. The third-order valence-corrected chi connectivity index (χ3v) is 3.20. The molecule has 1 aliphatic carbocycles. The van der Waals surface area contributed by atoms with Crippen LogP contribution in [0.25, 0.3) is 0 Å². The maximum absolute atomic E-state index is 9.05. The summed E-state index contributed by atoms with van der Waals surface area (Å²) in [6, 6.07) is 0.978. The molecule has 0 unspecified atom stereocenters. The van der Waals surface area contributed by atoms with Gasteiger partial charge in [0.2, 0.25) is 0 Å². The molecule has 1 aliphatic rings. The van der Waals surface area contributed by atoms with Crippen molar-refractivity contribution in [3.63, 3.8) is 0 Å². The summed E-state index contributed by atoms with van der Waals surface area (Å²) in [5.41, 5.74) is 0. The van der Waals surface area contributed by atoms with E-state index in [1.54, 1.807) is 0 Å². The van der Waals surface area contributed by atoms with Gasteiger partial charge in [-0.3, -0.25) is 0 Å². The molecule has 0 bridgehead atoms. The monoisotopic (exact) mass is 185 g/mol. The molecule has 78 valence electrons. The van der Waals surface area contributed by atoms with Crippen LogP contribution in [0.5, 0.6) is 0 Å². The summed E-state index contributed by atoms with van der Waals surface area (Å²) >= 11 is 0. The minimum Gasteiger partial charge on any atom is -0.395 e. The minimum absolute atomic E-state index is 0.280. The Labute approximate surface area is 81.7 Å². The van der Waals surface area contributed by atoms with E-state index in [2.05, 4.69) is 19.2 Å². The predicted molar refractivity (Wildman–Crippen MR) is 55.7 cm³/mol. The zero-order chi connectivity index (χ0) is 9.68. The maximum atomic E-state index is 9.05. The molecular weight excluding hydrogens is 162 g/mol. The lowest BCUT2D eigenvalue weighted by Crippen LogP contribution is -2.41. The van der Waals surface area contributed by atoms with E-state index in [0.717, 1.165) is 12.3 Å². The third kappa shape index (κ3) is 3.65. The molecule has 13 heavy (non-hydrogen) atoms. The first-order valence-corrected chi connectivity index (χ1v) is 5.63. The van der Waals surface area contributed by atoms with Crippen LogP contribution in [-0.2, 0) is 0 Å². The Morgan fingerprint density at radius 1 is 1.31 bits per heavy atom. The molecule has 1 atom stereocenters. The molecule has 1 fully saturated rings. The number of nitrogens with one attached hydrogen (secondary N) is 1. The highest BCUT2D eigenvalue weighted by molar-refractivity contribution is 4.78. The van der Waals surface area contributed by atoms with Gasteiger partial charge in [0.1, 0.15) is 0 Å². The van der Waals surface area contributed by atoms with E-state index in [9.17, 15) is 0 Å². The van der Waals surface area contributed by atoms with Gasteiger partial charge >= 0.3 is 0 Å². The fourth-order valence-corrected chi connectivity index (χ4v) is 2.06. The summed E-state index contributed by atoms with van der Waals surface area (Å²) in [6.45, 7) is 4.74. The van der Waals surface area contributed by atoms with Gasteiger partial charge < -0.3 is 10.4 Å². The van der Waals surface area contributed by atoms with Crippen molar-refractivity contribution < 1.29 is 5.11 Å². The molecule has 2 heteroatoms. The maximum Gasteiger partial charge on any atom is 0.0584 e. The molecule has 0 radical (unpaired) electrons. The Morgan fingerprint density at radius 3 is 2.38 bits per heavy atom. The van der Waals surface area contributed by atoms with E-state index in [-0.39, 0.29) is 6.61 Å². The summed E-state index contributed by atoms with van der Waals surface area (Å²) in [5, 5.41) is 12.6. The van der Waals surface area contributed by atoms with E-state index in [1.807, 2.05) is 0 Å². The van der Waals surface area contributed by atoms with E-state index >= 15 is 0 Å². The fourth-order valence-electron chi connectivity index (χ4n) is 2.06. The summed E-state index contributed by atoms with van der Waals surface area (Å²) in [7, 11) is 0. The Hall–Kier alpha value is -0.0800. The first-order valence-electron chi connectivity index (χ1n) is 5.63. The number of hydrogen-bond donors (Lipinski definition) is 2. The number of aliphatic hydroxyl groups excluding tert-OH is 1. The molecule has 0 heterocycles. The molecule has 0 aromatic heterocycles. The molecule has 0 aromatic carbocycles. The zero-order valence-electron chi connectivity index (χ0n) is 8.92. The summed E-state index contributed by atoms with van der Waals surface area (Å²) in [4.78, 5) is 0. The lowest BCUT2D eigenvalue weighted by Gasteiger charge is -2.29. The zero-order valence-corrected chi connectivity index (χ0v) is 8.92. The van der Waals surface area contributed by atoms with E-state index in [1.165, 1.54) is 25.7 Å². The Kier molecular flexibility index (Phi) is 4.74. The Morgan fingerprint density at radius 2 is 1.92 bits per heavy atom. The quantitative estimate of drug-likeness (QED) is 0.701. The van der Waals surface area contributed by atoms with Gasteiger partial charge in [-0.2, -0.15) is 0 Å². The normalized spacial score (nSPS) is 31.6. The van der Waals surface area contributed by atoms with Gasteiger partial charge in [0.15, 0.2) is 0 Å². The second-order valence-electron chi connectivity index (χ2n) is 4.41. The molecule has 0 aliphatic heterocycles. The van der Waals surface area contributed by atoms with Crippen LogP contribution in [0.3, 0.4) is 0 Å². The second kappa shape index (κ2) is 5.61. The van der Waals surface area contributed by atoms with Crippen molar-refractivity contribution in [1.82, 2.24) is 5.32 Å². The smallest absolute Gasteiger partial charge is 0.0584 e. The van der Waals surface area contributed by atoms with Crippen molar-refractivity contribution in [1.29, 1.82) is 0 Å². The molecule has 2 nitrogen and oxygen atoms in total. The van der Waals surface area contributed by atoms with Gasteiger partial charge in [0.05, 0.1) is 6.61 Å². The molecule has 1 saturated carbocycles.